The Hall–Kier alpha value is -2.99. The van der Waals surface area contributed by atoms with E-state index < -0.39 is 51.2 Å². The number of nitrogens with zero attached hydrogens (tertiary/aromatic N) is 2. The largest absolute Gasteiger partial charge is 0.497 e. The zero-order valence-corrected chi connectivity index (χ0v) is 21.7. The molecule has 0 aliphatic rings. The summed E-state index contributed by atoms with van der Waals surface area (Å²) in [5, 5.41) is 1.86. The minimum absolute atomic E-state index is 0.0548. The summed E-state index contributed by atoms with van der Waals surface area (Å²) in [6.45, 7) is 0.791. The number of sulfonamides is 1. The van der Waals surface area contributed by atoms with Crippen molar-refractivity contribution in [3.05, 3.63) is 58.6 Å². The van der Waals surface area contributed by atoms with Gasteiger partial charge in [0, 0.05) is 13.6 Å². The number of hydrogen-bond donors (Lipinski definition) is 1. The van der Waals surface area contributed by atoms with E-state index in [4.69, 9.17) is 16.3 Å². The third-order valence-electron chi connectivity index (χ3n) is 5.37. The molecular formula is C23H27ClF3N3O5S. The lowest BCUT2D eigenvalue weighted by Crippen LogP contribution is -2.51. The third kappa shape index (κ3) is 7.26. The van der Waals surface area contributed by atoms with Crippen LogP contribution in [0.5, 0.6) is 5.75 Å². The zero-order valence-electron chi connectivity index (χ0n) is 20.1. The van der Waals surface area contributed by atoms with Gasteiger partial charge in [-0.2, -0.15) is 13.2 Å². The monoisotopic (exact) mass is 549 g/mol. The van der Waals surface area contributed by atoms with Crippen LogP contribution in [0.3, 0.4) is 0 Å². The van der Waals surface area contributed by atoms with Gasteiger partial charge < -0.3 is 15.0 Å². The molecule has 0 spiro atoms. The number of halogens is 4. The molecule has 0 saturated carbocycles. The summed E-state index contributed by atoms with van der Waals surface area (Å²) >= 11 is 5.66. The fourth-order valence-corrected chi connectivity index (χ4v) is 4.58. The highest BCUT2D eigenvalue weighted by molar-refractivity contribution is 7.92. The number of ether oxygens (including phenoxy) is 1. The van der Waals surface area contributed by atoms with Crippen LogP contribution in [0.1, 0.15) is 24.5 Å². The van der Waals surface area contributed by atoms with Crippen LogP contribution in [0.4, 0.5) is 18.9 Å². The number of rotatable bonds is 10. The third-order valence-corrected chi connectivity index (χ3v) is 6.84. The lowest BCUT2D eigenvalue weighted by atomic mass is 10.1. The van der Waals surface area contributed by atoms with Gasteiger partial charge in [-0.3, -0.25) is 13.9 Å². The summed E-state index contributed by atoms with van der Waals surface area (Å²) in [6.07, 6.45) is -3.86. The van der Waals surface area contributed by atoms with Crippen molar-refractivity contribution >= 4 is 39.1 Å². The number of amides is 2. The van der Waals surface area contributed by atoms with Crippen LogP contribution in [0.25, 0.3) is 0 Å². The Morgan fingerprint density at radius 1 is 1.14 bits per heavy atom. The van der Waals surface area contributed by atoms with E-state index in [0.29, 0.717) is 21.7 Å². The molecule has 8 nitrogen and oxygen atoms in total. The first-order valence-electron chi connectivity index (χ1n) is 10.7. The fourth-order valence-electron chi connectivity index (χ4n) is 3.51. The second kappa shape index (κ2) is 11.8. The van der Waals surface area contributed by atoms with E-state index in [-0.39, 0.29) is 18.7 Å². The Morgan fingerprint density at radius 3 is 2.22 bits per heavy atom. The Bertz CT molecular complexity index is 1190. The van der Waals surface area contributed by atoms with E-state index in [1.54, 1.807) is 31.2 Å². The average Bonchev–Trinajstić information content (AvgIpc) is 2.81. The summed E-state index contributed by atoms with van der Waals surface area (Å²) in [7, 11) is -1.31. The number of carbonyl (C=O) groups excluding carboxylic acids is 2. The van der Waals surface area contributed by atoms with Crippen LogP contribution in [-0.4, -0.2) is 58.1 Å². The van der Waals surface area contributed by atoms with Crippen molar-refractivity contribution in [3.63, 3.8) is 0 Å². The lowest BCUT2D eigenvalue weighted by Gasteiger charge is -2.32. The normalized spacial score (nSPS) is 12.6. The highest BCUT2D eigenvalue weighted by atomic mass is 35.5. The summed E-state index contributed by atoms with van der Waals surface area (Å²) < 4.78 is 70.9. The van der Waals surface area contributed by atoms with Gasteiger partial charge in [-0.25, -0.2) is 8.42 Å². The van der Waals surface area contributed by atoms with E-state index in [1.165, 1.54) is 19.1 Å². The number of likely N-dealkylation sites (N-methyl/N-ethyl adjacent to an activating group) is 1. The molecule has 1 atom stereocenters. The molecule has 198 valence electrons. The molecule has 2 amide bonds. The van der Waals surface area contributed by atoms with E-state index in [2.05, 4.69) is 5.32 Å². The van der Waals surface area contributed by atoms with E-state index in [9.17, 15) is 31.2 Å². The maximum absolute atomic E-state index is 13.4. The number of carbonyl (C=O) groups is 2. The Labute approximate surface area is 213 Å². The predicted molar refractivity (Wildman–Crippen MR) is 130 cm³/mol. The highest BCUT2D eigenvalue weighted by Gasteiger charge is 2.36. The maximum Gasteiger partial charge on any atom is 0.417 e. The summed E-state index contributed by atoms with van der Waals surface area (Å²) in [4.78, 5) is 27.2. The molecule has 0 saturated heterocycles. The van der Waals surface area contributed by atoms with E-state index >= 15 is 0 Å². The quantitative estimate of drug-likeness (QED) is 0.488. The van der Waals surface area contributed by atoms with Gasteiger partial charge in [-0.1, -0.05) is 30.7 Å². The van der Waals surface area contributed by atoms with Gasteiger partial charge in [-0.15, -0.1) is 0 Å². The van der Waals surface area contributed by atoms with Crippen LogP contribution in [-0.2, 0) is 32.3 Å². The smallest absolute Gasteiger partial charge is 0.417 e. The van der Waals surface area contributed by atoms with Crippen LogP contribution >= 0.6 is 11.6 Å². The van der Waals surface area contributed by atoms with Crippen LogP contribution in [0.15, 0.2) is 42.5 Å². The van der Waals surface area contributed by atoms with Gasteiger partial charge in [0.15, 0.2) is 0 Å². The first-order valence-corrected chi connectivity index (χ1v) is 12.9. The number of nitrogens with one attached hydrogen (secondary N) is 1. The Morgan fingerprint density at radius 2 is 1.75 bits per heavy atom. The molecule has 0 bridgehead atoms. The molecule has 0 aliphatic heterocycles. The molecule has 13 heteroatoms. The van der Waals surface area contributed by atoms with E-state index in [1.807, 2.05) is 0 Å². The van der Waals surface area contributed by atoms with Crippen LogP contribution in [0.2, 0.25) is 5.02 Å². The second-order valence-electron chi connectivity index (χ2n) is 7.84. The summed E-state index contributed by atoms with van der Waals surface area (Å²) in [6, 6.07) is 8.29. The molecule has 0 heterocycles. The molecule has 1 N–H and O–H groups in total. The van der Waals surface area contributed by atoms with Gasteiger partial charge in [0.05, 0.1) is 29.6 Å². The van der Waals surface area contributed by atoms with Crippen molar-refractivity contribution < 1.29 is 35.9 Å². The molecule has 2 rings (SSSR count). The van der Waals surface area contributed by atoms with Gasteiger partial charge in [0.1, 0.15) is 18.3 Å². The van der Waals surface area contributed by atoms with Crippen molar-refractivity contribution in [2.45, 2.75) is 32.1 Å². The van der Waals surface area contributed by atoms with Crippen molar-refractivity contribution in [2.75, 3.05) is 31.3 Å². The van der Waals surface area contributed by atoms with E-state index in [0.717, 1.165) is 18.4 Å². The predicted octanol–water partition coefficient (Wildman–Crippen LogP) is 3.69. The lowest BCUT2D eigenvalue weighted by molar-refractivity contribution is -0.140. The topological polar surface area (TPSA) is 96.0 Å². The van der Waals surface area contributed by atoms with Crippen molar-refractivity contribution in [2.24, 2.45) is 0 Å². The standard InChI is InChI=1S/C23H27ClF3N3O5S/c1-5-20(22(32)28-2)29(13-15-6-9-17(35-3)10-7-15)21(31)14-30(36(4,33)34)16-8-11-19(24)18(12-16)23(25,26)27/h6-12,20H,5,13-14H2,1-4H3,(H,28,32)/t20-/m1/s1. The molecule has 2 aromatic carbocycles. The highest BCUT2D eigenvalue weighted by Crippen LogP contribution is 2.37. The molecule has 0 radical (unpaired) electrons. The minimum Gasteiger partial charge on any atom is -0.497 e. The van der Waals surface area contributed by atoms with Crippen molar-refractivity contribution in [1.29, 1.82) is 0 Å². The number of hydrogen-bond acceptors (Lipinski definition) is 5. The number of methoxy groups -OCH3 is 1. The first kappa shape index (κ1) is 29.2. The van der Waals surface area contributed by atoms with Gasteiger partial charge in [-0.05, 0) is 42.3 Å². The molecule has 36 heavy (non-hydrogen) atoms. The zero-order chi connectivity index (χ0) is 27.3. The average molecular weight is 550 g/mol. The molecule has 0 aromatic heterocycles. The Kier molecular flexibility index (Phi) is 9.61. The molecule has 2 aromatic rings. The van der Waals surface area contributed by atoms with Gasteiger partial charge in [0.2, 0.25) is 21.8 Å². The number of alkyl halides is 3. The van der Waals surface area contributed by atoms with Gasteiger partial charge >= 0.3 is 6.18 Å². The molecule has 0 fully saturated rings. The Balaban J connectivity index is 2.50. The summed E-state index contributed by atoms with van der Waals surface area (Å²) in [5.41, 5.74) is -1.00. The fraction of sp³-hybridized carbons (Fsp3) is 0.391. The number of benzene rings is 2. The maximum atomic E-state index is 13.4. The molecule has 0 unspecified atom stereocenters. The van der Waals surface area contributed by atoms with Crippen molar-refractivity contribution in [3.8, 4) is 5.75 Å². The van der Waals surface area contributed by atoms with Crippen LogP contribution in [0, 0.1) is 0 Å². The first-order chi connectivity index (χ1) is 16.7. The molecular weight excluding hydrogens is 523 g/mol. The minimum atomic E-state index is -4.84. The van der Waals surface area contributed by atoms with Crippen LogP contribution < -0.4 is 14.4 Å². The van der Waals surface area contributed by atoms with Crippen molar-refractivity contribution in [1.82, 2.24) is 10.2 Å². The van der Waals surface area contributed by atoms with Gasteiger partial charge in [0.25, 0.3) is 0 Å². The summed E-state index contributed by atoms with van der Waals surface area (Å²) in [5.74, 6) is -0.687. The molecule has 0 aliphatic carbocycles. The SMILES string of the molecule is CC[C@H](C(=O)NC)N(Cc1ccc(OC)cc1)C(=O)CN(c1ccc(Cl)c(C(F)(F)F)c1)S(C)(=O)=O. The second-order valence-corrected chi connectivity index (χ2v) is 10.2. The number of anilines is 1.